The van der Waals surface area contributed by atoms with Crippen molar-refractivity contribution < 1.29 is 18.7 Å². The number of morpholine rings is 1. The van der Waals surface area contributed by atoms with E-state index in [1.54, 1.807) is 12.1 Å². The second-order valence-electron chi connectivity index (χ2n) is 9.60. The second-order valence-corrected chi connectivity index (χ2v) is 9.60. The first kappa shape index (κ1) is 22.2. The molecule has 3 fully saturated rings. The molecule has 0 N–H and O–H groups in total. The molecule has 0 aromatic heterocycles. The SMILES string of the molecule is Cc1ccc(N2CC(C(=O)N3CCC(CN4CC(C)OC(C)C4)CC3)CC2=O)c(F)c1. The summed E-state index contributed by atoms with van der Waals surface area (Å²) in [7, 11) is 0. The van der Waals surface area contributed by atoms with E-state index in [4.69, 9.17) is 4.74 Å². The number of likely N-dealkylation sites (tertiary alicyclic amines) is 1. The lowest BCUT2D eigenvalue weighted by atomic mass is 9.94. The van der Waals surface area contributed by atoms with E-state index < -0.39 is 5.82 Å². The Bertz CT molecular complexity index is 814. The normalized spacial score (nSPS) is 28.4. The minimum absolute atomic E-state index is 0.0374. The fourth-order valence-corrected chi connectivity index (χ4v) is 5.33. The van der Waals surface area contributed by atoms with Gasteiger partial charge in [-0.25, -0.2) is 4.39 Å². The van der Waals surface area contributed by atoms with Gasteiger partial charge in [-0.05, 0) is 57.2 Å². The Labute approximate surface area is 184 Å². The third-order valence-corrected chi connectivity index (χ3v) is 6.81. The Morgan fingerprint density at radius 3 is 2.45 bits per heavy atom. The number of hydrogen-bond acceptors (Lipinski definition) is 4. The molecule has 7 heteroatoms. The largest absolute Gasteiger partial charge is 0.373 e. The van der Waals surface area contributed by atoms with Crippen LogP contribution < -0.4 is 4.90 Å². The highest BCUT2D eigenvalue weighted by atomic mass is 19.1. The maximum Gasteiger partial charge on any atom is 0.228 e. The van der Waals surface area contributed by atoms with Crippen LogP contribution in [0.3, 0.4) is 0 Å². The Balaban J connectivity index is 1.29. The summed E-state index contributed by atoms with van der Waals surface area (Å²) in [5, 5.41) is 0. The Morgan fingerprint density at radius 2 is 1.81 bits per heavy atom. The molecule has 1 aromatic carbocycles. The zero-order valence-electron chi connectivity index (χ0n) is 18.8. The topological polar surface area (TPSA) is 53.1 Å². The summed E-state index contributed by atoms with van der Waals surface area (Å²) in [5.74, 6) is -0.341. The van der Waals surface area contributed by atoms with Crippen molar-refractivity contribution in [2.24, 2.45) is 11.8 Å². The molecule has 3 unspecified atom stereocenters. The van der Waals surface area contributed by atoms with Gasteiger partial charge in [0.1, 0.15) is 5.82 Å². The van der Waals surface area contributed by atoms with Crippen LogP contribution in [0, 0.1) is 24.6 Å². The van der Waals surface area contributed by atoms with E-state index >= 15 is 0 Å². The average molecular weight is 432 g/mol. The van der Waals surface area contributed by atoms with Gasteiger partial charge in [-0.2, -0.15) is 0 Å². The summed E-state index contributed by atoms with van der Waals surface area (Å²) in [5.41, 5.74) is 1.09. The number of aryl methyl sites for hydroxylation is 1. The van der Waals surface area contributed by atoms with Crippen LogP contribution in [0.2, 0.25) is 0 Å². The average Bonchev–Trinajstić information content (AvgIpc) is 3.09. The van der Waals surface area contributed by atoms with Crippen molar-refractivity contribution in [1.82, 2.24) is 9.80 Å². The predicted octanol–water partition coefficient (Wildman–Crippen LogP) is 2.83. The zero-order valence-corrected chi connectivity index (χ0v) is 18.8. The lowest BCUT2D eigenvalue weighted by Gasteiger charge is -2.39. The number of anilines is 1. The molecule has 3 saturated heterocycles. The lowest BCUT2D eigenvalue weighted by molar-refractivity contribution is -0.137. The maximum absolute atomic E-state index is 14.3. The van der Waals surface area contributed by atoms with Crippen molar-refractivity contribution in [1.29, 1.82) is 0 Å². The van der Waals surface area contributed by atoms with Crippen molar-refractivity contribution >= 4 is 17.5 Å². The predicted molar refractivity (Wildman–Crippen MR) is 117 cm³/mol. The summed E-state index contributed by atoms with van der Waals surface area (Å²) in [6.07, 6.45) is 2.68. The van der Waals surface area contributed by atoms with E-state index in [1.165, 1.54) is 11.0 Å². The maximum atomic E-state index is 14.3. The smallest absolute Gasteiger partial charge is 0.228 e. The summed E-state index contributed by atoms with van der Waals surface area (Å²) in [6.45, 7) is 10.8. The van der Waals surface area contributed by atoms with E-state index in [9.17, 15) is 14.0 Å². The quantitative estimate of drug-likeness (QED) is 0.736. The Morgan fingerprint density at radius 1 is 1.13 bits per heavy atom. The first-order valence-electron chi connectivity index (χ1n) is 11.5. The highest BCUT2D eigenvalue weighted by molar-refractivity contribution is 6.00. The van der Waals surface area contributed by atoms with Crippen LogP contribution in [-0.4, -0.2) is 73.1 Å². The Kier molecular flexibility index (Phi) is 6.63. The number of piperidine rings is 1. The van der Waals surface area contributed by atoms with Crippen molar-refractivity contribution in [2.45, 2.75) is 52.2 Å². The molecule has 0 aliphatic carbocycles. The minimum Gasteiger partial charge on any atom is -0.373 e. The van der Waals surface area contributed by atoms with E-state index in [2.05, 4.69) is 18.7 Å². The van der Waals surface area contributed by atoms with Crippen molar-refractivity contribution in [2.75, 3.05) is 44.2 Å². The third-order valence-electron chi connectivity index (χ3n) is 6.81. The molecule has 3 aliphatic rings. The summed E-state index contributed by atoms with van der Waals surface area (Å²) in [6, 6.07) is 4.86. The van der Waals surface area contributed by atoms with Crippen LogP contribution in [-0.2, 0) is 14.3 Å². The number of halogens is 1. The number of nitrogens with zero attached hydrogens (tertiary/aromatic N) is 3. The highest BCUT2D eigenvalue weighted by Gasteiger charge is 2.39. The fourth-order valence-electron chi connectivity index (χ4n) is 5.33. The molecule has 3 aliphatic heterocycles. The van der Waals surface area contributed by atoms with E-state index in [0.717, 1.165) is 51.1 Å². The lowest BCUT2D eigenvalue weighted by Crippen LogP contribution is -2.49. The van der Waals surface area contributed by atoms with Crippen LogP contribution in [0.4, 0.5) is 10.1 Å². The molecule has 1 aromatic rings. The van der Waals surface area contributed by atoms with Crippen LogP contribution >= 0.6 is 0 Å². The van der Waals surface area contributed by atoms with Gasteiger partial charge < -0.3 is 14.5 Å². The second kappa shape index (κ2) is 9.25. The number of hydrogen-bond donors (Lipinski definition) is 0. The van der Waals surface area contributed by atoms with Crippen molar-refractivity contribution in [3.05, 3.63) is 29.6 Å². The van der Waals surface area contributed by atoms with Crippen molar-refractivity contribution in [3.8, 4) is 0 Å². The van der Waals surface area contributed by atoms with Gasteiger partial charge in [-0.3, -0.25) is 14.5 Å². The van der Waals surface area contributed by atoms with Gasteiger partial charge in [-0.1, -0.05) is 6.07 Å². The standard InChI is InChI=1S/C24H34FN3O3/c1-16-4-5-22(21(25)10-16)28-15-20(11-23(28)29)24(30)27-8-6-19(7-9-27)14-26-12-17(2)31-18(3)13-26/h4-5,10,17-20H,6-9,11-15H2,1-3H3. The minimum atomic E-state index is -0.408. The summed E-state index contributed by atoms with van der Waals surface area (Å²) in [4.78, 5) is 31.4. The van der Waals surface area contributed by atoms with Gasteiger partial charge in [0.2, 0.25) is 11.8 Å². The number of benzene rings is 1. The van der Waals surface area contributed by atoms with Gasteiger partial charge in [0, 0.05) is 45.7 Å². The number of ether oxygens (including phenoxy) is 1. The van der Waals surface area contributed by atoms with Crippen LogP contribution in [0.1, 0.15) is 38.7 Å². The Hall–Kier alpha value is -1.99. The number of carbonyl (C=O) groups excluding carboxylic acids is 2. The van der Waals surface area contributed by atoms with Gasteiger partial charge in [0.05, 0.1) is 23.8 Å². The fraction of sp³-hybridized carbons (Fsp3) is 0.667. The summed E-state index contributed by atoms with van der Waals surface area (Å²) >= 11 is 0. The van der Waals surface area contributed by atoms with Gasteiger partial charge in [0.15, 0.2) is 0 Å². The molecule has 3 heterocycles. The number of amides is 2. The zero-order chi connectivity index (χ0) is 22.1. The highest BCUT2D eigenvalue weighted by Crippen LogP contribution is 2.30. The van der Waals surface area contributed by atoms with E-state index in [1.807, 2.05) is 11.8 Å². The first-order valence-corrected chi connectivity index (χ1v) is 11.5. The number of carbonyl (C=O) groups is 2. The molecular formula is C24H34FN3O3. The van der Waals surface area contributed by atoms with Crippen LogP contribution in [0.5, 0.6) is 0 Å². The van der Waals surface area contributed by atoms with Crippen molar-refractivity contribution in [3.63, 3.8) is 0 Å². The first-order chi connectivity index (χ1) is 14.8. The van der Waals surface area contributed by atoms with Gasteiger partial charge >= 0.3 is 0 Å². The molecule has 170 valence electrons. The third kappa shape index (κ3) is 5.09. The van der Waals surface area contributed by atoms with Crippen LogP contribution in [0.25, 0.3) is 0 Å². The molecule has 0 spiro atoms. The molecule has 31 heavy (non-hydrogen) atoms. The monoisotopic (exact) mass is 431 g/mol. The molecule has 0 saturated carbocycles. The molecule has 2 amide bonds. The van der Waals surface area contributed by atoms with Gasteiger partial charge in [0.25, 0.3) is 0 Å². The van der Waals surface area contributed by atoms with Crippen LogP contribution in [0.15, 0.2) is 18.2 Å². The molecule has 3 atom stereocenters. The molecule has 0 radical (unpaired) electrons. The summed E-state index contributed by atoms with van der Waals surface area (Å²) < 4.78 is 20.2. The van der Waals surface area contributed by atoms with E-state index in [0.29, 0.717) is 5.92 Å². The molecule has 4 rings (SSSR count). The van der Waals surface area contributed by atoms with Gasteiger partial charge in [-0.15, -0.1) is 0 Å². The molecule has 0 bridgehead atoms. The van der Waals surface area contributed by atoms with E-state index in [-0.39, 0.29) is 48.6 Å². The molecular weight excluding hydrogens is 397 g/mol. The number of rotatable bonds is 4. The molecule has 6 nitrogen and oxygen atoms in total.